The van der Waals surface area contributed by atoms with E-state index in [0.29, 0.717) is 6.04 Å². The topological polar surface area (TPSA) is 53.5 Å². The van der Waals surface area contributed by atoms with E-state index >= 15 is 0 Å². The second-order valence-corrected chi connectivity index (χ2v) is 5.72. The lowest BCUT2D eigenvalue weighted by Gasteiger charge is -2.27. The molecule has 1 unspecified atom stereocenters. The van der Waals surface area contributed by atoms with E-state index in [9.17, 15) is 0 Å². The highest BCUT2D eigenvalue weighted by Gasteiger charge is 2.21. The molecule has 0 aliphatic carbocycles. The molecule has 1 atom stereocenters. The quantitative estimate of drug-likeness (QED) is 0.781. The lowest BCUT2D eigenvalue weighted by Crippen LogP contribution is -2.39. The summed E-state index contributed by atoms with van der Waals surface area (Å²) in [7, 11) is 3.88. The SMILES string of the molecule is COCCNCc1cnc(N2CCCN(C)CC2C)nc1. The Morgan fingerprint density at radius 3 is 2.81 bits per heavy atom. The molecule has 0 saturated carbocycles. The van der Waals surface area contributed by atoms with Crippen molar-refractivity contribution in [1.82, 2.24) is 20.2 Å². The van der Waals surface area contributed by atoms with Crippen molar-refractivity contribution in [3.63, 3.8) is 0 Å². The Bertz CT molecular complexity index is 411. The minimum absolute atomic E-state index is 0.447. The molecule has 0 bridgehead atoms. The van der Waals surface area contributed by atoms with Crippen molar-refractivity contribution in [3.05, 3.63) is 18.0 Å². The Hall–Kier alpha value is -1.24. The molecule has 0 aromatic carbocycles. The van der Waals surface area contributed by atoms with E-state index in [1.54, 1.807) is 7.11 Å². The molecule has 2 heterocycles. The predicted octanol–water partition coefficient (Wildman–Crippen LogP) is 0.743. The number of aromatic nitrogens is 2. The largest absolute Gasteiger partial charge is 0.383 e. The van der Waals surface area contributed by atoms with Gasteiger partial charge in [0, 0.05) is 57.3 Å². The van der Waals surface area contributed by atoms with Gasteiger partial charge in [0.15, 0.2) is 0 Å². The van der Waals surface area contributed by atoms with E-state index < -0.39 is 0 Å². The number of anilines is 1. The van der Waals surface area contributed by atoms with Crippen LogP contribution < -0.4 is 10.2 Å². The first-order valence-electron chi connectivity index (χ1n) is 7.66. The van der Waals surface area contributed by atoms with Gasteiger partial charge in [-0.1, -0.05) is 0 Å². The fourth-order valence-corrected chi connectivity index (χ4v) is 2.66. The highest BCUT2D eigenvalue weighted by molar-refractivity contribution is 5.32. The van der Waals surface area contributed by atoms with E-state index in [0.717, 1.165) is 57.3 Å². The van der Waals surface area contributed by atoms with Gasteiger partial charge in [-0.15, -0.1) is 0 Å². The van der Waals surface area contributed by atoms with E-state index in [-0.39, 0.29) is 0 Å². The van der Waals surface area contributed by atoms with Gasteiger partial charge in [0.05, 0.1) is 6.61 Å². The minimum Gasteiger partial charge on any atom is -0.383 e. The molecule has 1 aliphatic rings. The second-order valence-electron chi connectivity index (χ2n) is 5.72. The highest BCUT2D eigenvalue weighted by Crippen LogP contribution is 2.15. The van der Waals surface area contributed by atoms with Crippen LogP contribution >= 0.6 is 0 Å². The number of hydrogen-bond donors (Lipinski definition) is 1. The number of ether oxygens (including phenoxy) is 1. The summed E-state index contributed by atoms with van der Waals surface area (Å²) in [5.41, 5.74) is 1.11. The summed E-state index contributed by atoms with van der Waals surface area (Å²) in [6.45, 7) is 7.81. The third kappa shape index (κ3) is 4.91. The molecule has 1 aromatic rings. The number of nitrogens with one attached hydrogen (secondary N) is 1. The van der Waals surface area contributed by atoms with Crippen LogP contribution in [-0.4, -0.2) is 67.9 Å². The summed E-state index contributed by atoms with van der Waals surface area (Å²) in [6, 6.07) is 0.447. The van der Waals surface area contributed by atoms with E-state index in [1.165, 1.54) is 0 Å². The van der Waals surface area contributed by atoms with E-state index in [1.807, 2.05) is 12.4 Å². The average molecular weight is 293 g/mol. The summed E-state index contributed by atoms with van der Waals surface area (Å²) in [4.78, 5) is 13.8. The summed E-state index contributed by atoms with van der Waals surface area (Å²) in [5.74, 6) is 0.846. The molecule has 6 nitrogen and oxygen atoms in total. The monoisotopic (exact) mass is 293 g/mol. The molecule has 2 rings (SSSR count). The molecular formula is C15H27N5O. The van der Waals surface area contributed by atoms with Gasteiger partial charge in [-0.05, 0) is 26.9 Å². The number of hydrogen-bond acceptors (Lipinski definition) is 6. The Kier molecular flexibility index (Phi) is 6.35. The van der Waals surface area contributed by atoms with E-state index in [4.69, 9.17) is 4.74 Å². The molecule has 1 aliphatic heterocycles. The average Bonchev–Trinajstić information content (AvgIpc) is 2.65. The number of rotatable bonds is 6. The van der Waals surface area contributed by atoms with Crippen LogP contribution in [0.1, 0.15) is 18.9 Å². The predicted molar refractivity (Wildman–Crippen MR) is 84.5 cm³/mol. The first-order chi connectivity index (χ1) is 10.2. The maximum Gasteiger partial charge on any atom is 0.225 e. The lowest BCUT2D eigenvalue weighted by molar-refractivity contribution is 0.199. The van der Waals surface area contributed by atoms with Crippen molar-refractivity contribution in [1.29, 1.82) is 0 Å². The molecule has 1 saturated heterocycles. The zero-order valence-corrected chi connectivity index (χ0v) is 13.4. The van der Waals surface area contributed by atoms with Gasteiger partial charge in [-0.3, -0.25) is 0 Å². The van der Waals surface area contributed by atoms with Crippen LogP contribution in [0.5, 0.6) is 0 Å². The minimum atomic E-state index is 0.447. The van der Waals surface area contributed by atoms with Crippen molar-refractivity contribution in [2.75, 3.05) is 51.8 Å². The summed E-state index contributed by atoms with van der Waals surface area (Å²) in [6.07, 6.45) is 5.00. The van der Waals surface area contributed by atoms with Crippen LogP contribution in [0.25, 0.3) is 0 Å². The van der Waals surface area contributed by atoms with Gasteiger partial charge >= 0.3 is 0 Å². The standard InChI is InChI=1S/C15H27N5O/c1-13-12-19(2)6-4-7-20(13)15-17-10-14(11-18-15)9-16-5-8-21-3/h10-11,13,16H,4-9,12H2,1-3H3. The van der Waals surface area contributed by atoms with Gasteiger partial charge in [0.1, 0.15) is 0 Å². The van der Waals surface area contributed by atoms with Crippen molar-refractivity contribution >= 4 is 5.95 Å². The zero-order valence-electron chi connectivity index (χ0n) is 13.4. The van der Waals surface area contributed by atoms with Gasteiger partial charge in [-0.2, -0.15) is 0 Å². The Balaban J connectivity index is 1.91. The van der Waals surface area contributed by atoms with Crippen molar-refractivity contribution < 1.29 is 4.74 Å². The lowest BCUT2D eigenvalue weighted by atomic mass is 10.3. The van der Waals surface area contributed by atoms with Crippen LogP contribution in [0.15, 0.2) is 12.4 Å². The van der Waals surface area contributed by atoms with E-state index in [2.05, 4.69) is 39.1 Å². The van der Waals surface area contributed by atoms with Crippen LogP contribution in [0.4, 0.5) is 5.95 Å². The molecule has 21 heavy (non-hydrogen) atoms. The highest BCUT2D eigenvalue weighted by atomic mass is 16.5. The number of methoxy groups -OCH3 is 1. The van der Waals surface area contributed by atoms with Gasteiger partial charge < -0.3 is 19.9 Å². The van der Waals surface area contributed by atoms with Crippen LogP contribution in [0.3, 0.4) is 0 Å². The van der Waals surface area contributed by atoms with Gasteiger partial charge in [-0.25, -0.2) is 9.97 Å². The molecule has 0 radical (unpaired) electrons. The molecule has 1 fully saturated rings. The Morgan fingerprint density at radius 1 is 1.33 bits per heavy atom. The fourth-order valence-electron chi connectivity index (χ4n) is 2.66. The molecular weight excluding hydrogens is 266 g/mol. The van der Waals surface area contributed by atoms with Gasteiger partial charge in [0.2, 0.25) is 5.95 Å². The molecule has 1 N–H and O–H groups in total. The smallest absolute Gasteiger partial charge is 0.225 e. The molecule has 1 aromatic heterocycles. The molecule has 0 amide bonds. The summed E-state index contributed by atoms with van der Waals surface area (Å²) >= 11 is 0. The second kappa shape index (κ2) is 8.26. The van der Waals surface area contributed by atoms with Crippen molar-refractivity contribution in [2.45, 2.75) is 25.9 Å². The summed E-state index contributed by atoms with van der Waals surface area (Å²) < 4.78 is 5.01. The fraction of sp³-hybridized carbons (Fsp3) is 0.733. The third-order valence-corrected chi connectivity index (χ3v) is 3.81. The molecule has 0 spiro atoms. The maximum atomic E-state index is 5.01. The third-order valence-electron chi connectivity index (χ3n) is 3.81. The van der Waals surface area contributed by atoms with Crippen molar-refractivity contribution in [2.24, 2.45) is 0 Å². The van der Waals surface area contributed by atoms with Gasteiger partial charge in [0.25, 0.3) is 0 Å². The Labute approximate surface area is 127 Å². The van der Waals surface area contributed by atoms with Crippen LogP contribution in [-0.2, 0) is 11.3 Å². The van der Waals surface area contributed by atoms with Crippen LogP contribution in [0.2, 0.25) is 0 Å². The maximum absolute atomic E-state index is 5.01. The first-order valence-corrected chi connectivity index (χ1v) is 7.66. The zero-order chi connectivity index (χ0) is 15.1. The normalized spacial score (nSPS) is 20.5. The Morgan fingerprint density at radius 2 is 2.10 bits per heavy atom. The van der Waals surface area contributed by atoms with Crippen molar-refractivity contribution in [3.8, 4) is 0 Å². The first kappa shape index (κ1) is 16.1. The van der Waals surface area contributed by atoms with Crippen LogP contribution in [0, 0.1) is 0 Å². The number of likely N-dealkylation sites (N-methyl/N-ethyl adjacent to an activating group) is 1. The number of nitrogens with zero attached hydrogens (tertiary/aromatic N) is 4. The summed E-state index contributed by atoms with van der Waals surface area (Å²) in [5, 5.41) is 3.30. The molecule has 6 heteroatoms. The molecule has 118 valence electrons.